The van der Waals surface area contributed by atoms with Gasteiger partial charge >= 0.3 is 0 Å². The van der Waals surface area contributed by atoms with Gasteiger partial charge in [0.1, 0.15) is 0 Å². The number of ether oxygens (including phenoxy) is 2. The molecule has 0 unspecified atom stereocenters. The van der Waals surface area contributed by atoms with Gasteiger partial charge < -0.3 is 20.5 Å². The second-order valence-corrected chi connectivity index (χ2v) is 6.68. The standard InChI is InChI=1S/C20H23N3O2.HI/c21-19(22-14-20(9-10-20)15-5-2-1-3-6-15)23-16-7-8-17-18(13-16)25-12-4-11-24-17;/h1-3,5-8,13H,4,9-12,14H2,(H3,21,22,23);1H. The maximum Gasteiger partial charge on any atom is 0.193 e. The molecule has 0 atom stereocenters. The first-order valence-electron chi connectivity index (χ1n) is 8.77. The van der Waals surface area contributed by atoms with Gasteiger partial charge in [-0.05, 0) is 30.5 Å². The number of aliphatic imine (C=N–C) groups is 1. The van der Waals surface area contributed by atoms with E-state index in [0.29, 0.717) is 25.7 Å². The van der Waals surface area contributed by atoms with Crippen molar-refractivity contribution in [3.05, 3.63) is 54.1 Å². The van der Waals surface area contributed by atoms with Gasteiger partial charge in [-0.15, -0.1) is 24.0 Å². The highest BCUT2D eigenvalue weighted by atomic mass is 127. The second kappa shape index (κ2) is 8.16. The van der Waals surface area contributed by atoms with E-state index in [1.807, 2.05) is 24.3 Å². The van der Waals surface area contributed by atoms with Crippen molar-refractivity contribution in [1.29, 1.82) is 0 Å². The van der Waals surface area contributed by atoms with Gasteiger partial charge in [-0.25, -0.2) is 0 Å². The van der Waals surface area contributed by atoms with Crippen molar-refractivity contribution < 1.29 is 9.47 Å². The van der Waals surface area contributed by atoms with Crippen LogP contribution in [0.15, 0.2) is 53.5 Å². The number of anilines is 1. The maximum atomic E-state index is 6.09. The first-order valence-corrected chi connectivity index (χ1v) is 8.77. The fourth-order valence-electron chi connectivity index (χ4n) is 3.15. The molecular formula is C20H24IN3O2. The molecule has 2 aromatic rings. The lowest BCUT2D eigenvalue weighted by Gasteiger charge is -2.14. The highest BCUT2D eigenvalue weighted by Crippen LogP contribution is 2.48. The van der Waals surface area contributed by atoms with Gasteiger partial charge in [-0.2, -0.15) is 0 Å². The summed E-state index contributed by atoms with van der Waals surface area (Å²) >= 11 is 0. The normalized spacial score (nSPS) is 17.6. The Labute approximate surface area is 171 Å². The third-order valence-electron chi connectivity index (χ3n) is 4.81. The van der Waals surface area contributed by atoms with E-state index in [1.165, 1.54) is 5.56 Å². The van der Waals surface area contributed by atoms with Crippen LogP contribution >= 0.6 is 24.0 Å². The smallest absolute Gasteiger partial charge is 0.193 e. The number of hydrogen-bond donors (Lipinski definition) is 2. The van der Waals surface area contributed by atoms with Crippen LogP contribution in [0, 0.1) is 0 Å². The summed E-state index contributed by atoms with van der Waals surface area (Å²) in [5.74, 6) is 1.95. The van der Waals surface area contributed by atoms with E-state index < -0.39 is 0 Å². The predicted octanol–water partition coefficient (Wildman–Crippen LogP) is 3.92. The molecule has 0 radical (unpaired) electrons. The van der Waals surface area contributed by atoms with E-state index in [-0.39, 0.29) is 29.4 Å². The Balaban J connectivity index is 0.00000196. The van der Waals surface area contributed by atoms with Crippen LogP contribution in [0.1, 0.15) is 24.8 Å². The second-order valence-electron chi connectivity index (χ2n) is 6.68. The third-order valence-corrected chi connectivity index (χ3v) is 4.81. The molecule has 1 fully saturated rings. The van der Waals surface area contributed by atoms with Crippen molar-refractivity contribution in [1.82, 2.24) is 0 Å². The maximum absolute atomic E-state index is 6.09. The summed E-state index contributed by atoms with van der Waals surface area (Å²) in [7, 11) is 0. The van der Waals surface area contributed by atoms with Crippen molar-refractivity contribution in [2.75, 3.05) is 25.1 Å². The summed E-state index contributed by atoms with van der Waals surface area (Å²) in [6, 6.07) is 16.3. The lowest BCUT2D eigenvalue weighted by molar-refractivity contribution is 0.297. The largest absolute Gasteiger partial charge is 0.490 e. The molecule has 138 valence electrons. The van der Waals surface area contributed by atoms with Gasteiger partial charge in [0, 0.05) is 23.6 Å². The Kier molecular flexibility index (Phi) is 5.90. The molecule has 1 heterocycles. The number of hydrogen-bond acceptors (Lipinski definition) is 3. The van der Waals surface area contributed by atoms with E-state index >= 15 is 0 Å². The highest BCUT2D eigenvalue weighted by Gasteiger charge is 2.43. The van der Waals surface area contributed by atoms with Crippen molar-refractivity contribution >= 4 is 35.6 Å². The van der Waals surface area contributed by atoms with Gasteiger partial charge in [0.15, 0.2) is 17.5 Å². The Morgan fingerprint density at radius 1 is 1.04 bits per heavy atom. The van der Waals surface area contributed by atoms with Crippen molar-refractivity contribution in [2.24, 2.45) is 10.7 Å². The van der Waals surface area contributed by atoms with E-state index in [4.69, 9.17) is 15.2 Å². The van der Waals surface area contributed by atoms with Crippen molar-refractivity contribution in [3.63, 3.8) is 0 Å². The first kappa shape index (κ1) is 18.8. The summed E-state index contributed by atoms with van der Waals surface area (Å²) in [4.78, 5) is 4.57. The van der Waals surface area contributed by atoms with Crippen LogP contribution in [0.5, 0.6) is 11.5 Å². The monoisotopic (exact) mass is 465 g/mol. The minimum Gasteiger partial charge on any atom is -0.490 e. The molecule has 2 aromatic carbocycles. The Hall–Kier alpha value is -1.96. The molecule has 0 aromatic heterocycles. The molecule has 1 aliphatic carbocycles. The van der Waals surface area contributed by atoms with Crippen LogP contribution in [0.2, 0.25) is 0 Å². The molecule has 1 saturated carbocycles. The minimum absolute atomic E-state index is 0. The van der Waals surface area contributed by atoms with E-state index in [1.54, 1.807) is 0 Å². The van der Waals surface area contributed by atoms with Crippen LogP contribution in [0.4, 0.5) is 5.69 Å². The van der Waals surface area contributed by atoms with Gasteiger partial charge in [0.25, 0.3) is 0 Å². The first-order chi connectivity index (χ1) is 12.3. The molecule has 4 rings (SSSR count). The molecule has 2 aliphatic rings. The Morgan fingerprint density at radius 2 is 1.77 bits per heavy atom. The highest BCUT2D eigenvalue weighted by molar-refractivity contribution is 14.0. The topological polar surface area (TPSA) is 68.9 Å². The summed E-state index contributed by atoms with van der Waals surface area (Å²) < 4.78 is 11.4. The summed E-state index contributed by atoms with van der Waals surface area (Å²) in [5, 5.41) is 3.16. The number of nitrogens with one attached hydrogen (secondary N) is 1. The predicted molar refractivity (Wildman–Crippen MR) is 115 cm³/mol. The minimum atomic E-state index is 0. The average Bonchev–Trinajstić information content (AvgIpc) is 3.45. The average molecular weight is 465 g/mol. The quantitative estimate of drug-likeness (QED) is 0.408. The molecule has 6 heteroatoms. The molecular weight excluding hydrogens is 441 g/mol. The Bertz CT molecular complexity index is 776. The zero-order valence-electron chi connectivity index (χ0n) is 14.6. The zero-order chi connectivity index (χ0) is 17.1. The van der Waals surface area contributed by atoms with E-state index in [9.17, 15) is 0 Å². The lowest BCUT2D eigenvalue weighted by atomic mass is 9.96. The molecule has 0 amide bonds. The fraction of sp³-hybridized carbons (Fsp3) is 0.350. The van der Waals surface area contributed by atoms with Gasteiger partial charge in [-0.1, -0.05) is 30.3 Å². The molecule has 26 heavy (non-hydrogen) atoms. The van der Waals surface area contributed by atoms with Crippen molar-refractivity contribution in [2.45, 2.75) is 24.7 Å². The van der Waals surface area contributed by atoms with Crippen LogP contribution in [0.25, 0.3) is 0 Å². The van der Waals surface area contributed by atoms with Crippen LogP contribution in [-0.4, -0.2) is 25.7 Å². The zero-order valence-corrected chi connectivity index (χ0v) is 16.9. The summed E-state index contributed by atoms with van der Waals surface area (Å²) in [6.45, 7) is 2.06. The molecule has 0 bridgehead atoms. The SMILES string of the molecule is I.NC(=NCC1(c2ccccc2)CC1)Nc1ccc2c(c1)OCCCO2. The van der Waals surface area contributed by atoms with Crippen LogP contribution in [0.3, 0.4) is 0 Å². The van der Waals surface area contributed by atoms with Crippen LogP contribution in [-0.2, 0) is 5.41 Å². The lowest BCUT2D eigenvalue weighted by Crippen LogP contribution is -2.25. The number of rotatable bonds is 4. The number of fused-ring (bicyclic) bond motifs is 1. The molecule has 5 nitrogen and oxygen atoms in total. The number of halogens is 1. The van der Waals surface area contributed by atoms with E-state index in [2.05, 4.69) is 34.6 Å². The molecule has 3 N–H and O–H groups in total. The third kappa shape index (κ3) is 4.23. The molecule has 0 saturated heterocycles. The van der Waals surface area contributed by atoms with Crippen LogP contribution < -0.4 is 20.5 Å². The number of nitrogens with zero attached hydrogens (tertiary/aromatic N) is 1. The molecule has 1 aliphatic heterocycles. The number of nitrogens with two attached hydrogens (primary N) is 1. The van der Waals surface area contributed by atoms with Gasteiger partial charge in [0.2, 0.25) is 0 Å². The van der Waals surface area contributed by atoms with Gasteiger partial charge in [-0.3, -0.25) is 4.99 Å². The Morgan fingerprint density at radius 3 is 2.50 bits per heavy atom. The number of benzene rings is 2. The summed E-state index contributed by atoms with van der Waals surface area (Å²) in [6.07, 6.45) is 3.22. The summed E-state index contributed by atoms with van der Waals surface area (Å²) in [5.41, 5.74) is 8.46. The van der Waals surface area contributed by atoms with E-state index in [0.717, 1.165) is 36.4 Å². The van der Waals surface area contributed by atoms with Gasteiger partial charge in [0.05, 0.1) is 19.8 Å². The number of guanidine groups is 1. The van der Waals surface area contributed by atoms with Crippen molar-refractivity contribution in [3.8, 4) is 11.5 Å². The fourth-order valence-corrected chi connectivity index (χ4v) is 3.15. The molecule has 0 spiro atoms.